The molecular formula is C24H24N2O3S. The van der Waals surface area contributed by atoms with E-state index < -0.39 is 10.0 Å². The zero-order chi connectivity index (χ0) is 21.3. The molecule has 5 nitrogen and oxygen atoms in total. The second-order valence-electron chi connectivity index (χ2n) is 7.66. The molecule has 0 atom stereocenters. The van der Waals surface area contributed by atoms with Crippen molar-refractivity contribution in [2.75, 3.05) is 16.2 Å². The fraction of sp³-hybridized carbons (Fsp3) is 0.208. The average Bonchev–Trinajstić information content (AvgIpc) is 2.72. The predicted octanol–water partition coefficient (Wildman–Crippen LogP) is 4.70. The third-order valence-electron chi connectivity index (χ3n) is 5.25. The molecule has 4 rings (SSSR count). The van der Waals surface area contributed by atoms with Gasteiger partial charge in [0.25, 0.3) is 15.9 Å². The maximum atomic E-state index is 13.2. The molecule has 0 radical (unpaired) electrons. The van der Waals surface area contributed by atoms with Crippen LogP contribution in [0.1, 0.15) is 33.5 Å². The number of carbonyl (C=O) groups excluding carboxylic acids is 1. The Hall–Kier alpha value is -3.12. The van der Waals surface area contributed by atoms with Crippen LogP contribution >= 0.6 is 0 Å². The Labute approximate surface area is 177 Å². The lowest BCUT2D eigenvalue weighted by molar-refractivity contribution is 0.102. The van der Waals surface area contributed by atoms with Gasteiger partial charge in [-0.05, 0) is 85.8 Å². The van der Waals surface area contributed by atoms with Crippen molar-refractivity contribution in [2.24, 2.45) is 0 Å². The van der Waals surface area contributed by atoms with E-state index in [-0.39, 0.29) is 10.8 Å². The number of fused-ring (bicyclic) bond motifs is 1. The van der Waals surface area contributed by atoms with Gasteiger partial charge < -0.3 is 5.32 Å². The predicted molar refractivity (Wildman–Crippen MR) is 120 cm³/mol. The average molecular weight is 421 g/mol. The second kappa shape index (κ2) is 7.95. The number of nitrogens with one attached hydrogen (secondary N) is 1. The number of nitrogens with zero attached hydrogens (tertiary/aromatic N) is 1. The van der Waals surface area contributed by atoms with Gasteiger partial charge in [0, 0.05) is 17.8 Å². The minimum absolute atomic E-state index is 0.183. The van der Waals surface area contributed by atoms with Crippen LogP contribution in [0.4, 0.5) is 11.4 Å². The standard InChI is InChI=1S/C24H24N2O3S/c1-17-14-18(2)16-21(15-17)25-24(27)20-9-11-22(12-10-20)30(28,29)26-13-5-7-19-6-3-4-8-23(19)26/h3-4,6,8-12,14-16H,5,7,13H2,1-2H3,(H,25,27). The summed E-state index contributed by atoms with van der Waals surface area (Å²) in [5.41, 5.74) is 5.03. The monoisotopic (exact) mass is 420 g/mol. The Balaban J connectivity index is 1.57. The number of hydrogen-bond donors (Lipinski definition) is 1. The highest BCUT2D eigenvalue weighted by Crippen LogP contribution is 2.31. The van der Waals surface area contributed by atoms with Crippen LogP contribution in [-0.2, 0) is 16.4 Å². The molecule has 154 valence electrons. The smallest absolute Gasteiger partial charge is 0.264 e. The minimum atomic E-state index is -3.69. The van der Waals surface area contributed by atoms with Crippen LogP contribution in [0.2, 0.25) is 0 Å². The second-order valence-corrected chi connectivity index (χ2v) is 9.53. The molecule has 0 bridgehead atoms. The Morgan fingerprint density at radius 1 is 0.933 bits per heavy atom. The third kappa shape index (κ3) is 3.96. The highest BCUT2D eigenvalue weighted by Gasteiger charge is 2.28. The molecule has 6 heteroatoms. The molecule has 3 aromatic rings. The van der Waals surface area contributed by atoms with Crippen molar-refractivity contribution in [2.45, 2.75) is 31.6 Å². The molecule has 1 N–H and O–H groups in total. The molecule has 0 fully saturated rings. The first-order valence-corrected chi connectivity index (χ1v) is 11.4. The van der Waals surface area contributed by atoms with Gasteiger partial charge in [0.2, 0.25) is 0 Å². The molecular weight excluding hydrogens is 396 g/mol. The fourth-order valence-corrected chi connectivity index (χ4v) is 5.45. The molecule has 0 aliphatic carbocycles. The highest BCUT2D eigenvalue weighted by atomic mass is 32.2. The number of carbonyl (C=O) groups is 1. The molecule has 0 saturated heterocycles. The van der Waals surface area contributed by atoms with Gasteiger partial charge in [-0.25, -0.2) is 8.42 Å². The summed E-state index contributed by atoms with van der Waals surface area (Å²) in [6.45, 7) is 4.40. The lowest BCUT2D eigenvalue weighted by atomic mass is 10.0. The molecule has 30 heavy (non-hydrogen) atoms. The number of sulfonamides is 1. The number of benzene rings is 3. The summed E-state index contributed by atoms with van der Waals surface area (Å²) in [6.07, 6.45) is 1.66. The van der Waals surface area contributed by atoms with Crippen LogP contribution in [0.15, 0.2) is 71.6 Å². The third-order valence-corrected chi connectivity index (χ3v) is 7.08. The van der Waals surface area contributed by atoms with Crippen molar-refractivity contribution >= 4 is 27.3 Å². The lowest BCUT2D eigenvalue weighted by Crippen LogP contribution is -2.35. The Morgan fingerprint density at radius 2 is 1.60 bits per heavy atom. The quantitative estimate of drug-likeness (QED) is 0.665. The van der Waals surface area contributed by atoms with Crippen LogP contribution in [-0.4, -0.2) is 20.9 Å². The maximum absolute atomic E-state index is 13.2. The van der Waals surface area contributed by atoms with Gasteiger partial charge in [0.05, 0.1) is 10.6 Å². The van der Waals surface area contributed by atoms with E-state index in [0.717, 1.165) is 40.9 Å². The Kier molecular flexibility index (Phi) is 5.35. The molecule has 0 unspecified atom stereocenters. The van der Waals surface area contributed by atoms with Crippen molar-refractivity contribution in [3.63, 3.8) is 0 Å². The summed E-state index contributed by atoms with van der Waals surface area (Å²) in [4.78, 5) is 12.8. The first-order chi connectivity index (χ1) is 14.3. The Morgan fingerprint density at radius 3 is 2.30 bits per heavy atom. The zero-order valence-corrected chi connectivity index (χ0v) is 17.9. The van der Waals surface area contributed by atoms with Crippen molar-refractivity contribution in [3.05, 3.63) is 89.0 Å². The maximum Gasteiger partial charge on any atom is 0.264 e. The molecule has 3 aromatic carbocycles. The van der Waals surface area contributed by atoms with Crippen molar-refractivity contribution in [1.29, 1.82) is 0 Å². The van der Waals surface area contributed by atoms with Crippen molar-refractivity contribution in [3.8, 4) is 0 Å². The molecule has 0 saturated carbocycles. The van der Waals surface area contributed by atoms with Crippen LogP contribution in [0.5, 0.6) is 0 Å². The summed E-state index contributed by atoms with van der Waals surface area (Å²) in [5.74, 6) is -0.271. The van der Waals surface area contributed by atoms with Crippen LogP contribution in [0.3, 0.4) is 0 Å². The number of amides is 1. The van der Waals surface area contributed by atoms with Crippen LogP contribution in [0.25, 0.3) is 0 Å². The van der Waals surface area contributed by atoms with Gasteiger partial charge >= 0.3 is 0 Å². The molecule has 1 aliphatic rings. The van der Waals surface area contributed by atoms with Crippen molar-refractivity contribution < 1.29 is 13.2 Å². The molecule has 1 amide bonds. The highest BCUT2D eigenvalue weighted by molar-refractivity contribution is 7.92. The van der Waals surface area contributed by atoms with E-state index in [1.807, 2.05) is 56.3 Å². The van der Waals surface area contributed by atoms with E-state index in [1.54, 1.807) is 12.1 Å². The summed E-state index contributed by atoms with van der Waals surface area (Å²) < 4.78 is 27.9. The largest absolute Gasteiger partial charge is 0.322 e. The summed E-state index contributed by atoms with van der Waals surface area (Å²) in [6, 6.07) is 19.6. The zero-order valence-electron chi connectivity index (χ0n) is 17.1. The van der Waals surface area contributed by atoms with Crippen LogP contribution in [0, 0.1) is 13.8 Å². The van der Waals surface area contributed by atoms with E-state index in [0.29, 0.717) is 12.1 Å². The minimum Gasteiger partial charge on any atom is -0.322 e. The summed E-state index contributed by atoms with van der Waals surface area (Å²) in [7, 11) is -3.69. The van der Waals surface area contributed by atoms with Crippen LogP contribution < -0.4 is 9.62 Å². The van der Waals surface area contributed by atoms with E-state index in [9.17, 15) is 13.2 Å². The van der Waals surface area contributed by atoms with Gasteiger partial charge in [0.15, 0.2) is 0 Å². The first kappa shape index (κ1) is 20.2. The van der Waals surface area contributed by atoms with E-state index >= 15 is 0 Å². The van der Waals surface area contributed by atoms with Gasteiger partial charge in [-0.1, -0.05) is 24.3 Å². The number of para-hydroxylation sites is 1. The Bertz CT molecular complexity index is 1180. The molecule has 0 spiro atoms. The van der Waals surface area contributed by atoms with Gasteiger partial charge in [-0.2, -0.15) is 0 Å². The fourth-order valence-electron chi connectivity index (χ4n) is 3.90. The molecule has 1 aliphatic heterocycles. The van der Waals surface area contributed by atoms with Gasteiger partial charge in [-0.15, -0.1) is 0 Å². The van der Waals surface area contributed by atoms with E-state index in [1.165, 1.54) is 16.4 Å². The normalized spacial score (nSPS) is 13.6. The van der Waals surface area contributed by atoms with Crippen molar-refractivity contribution in [1.82, 2.24) is 0 Å². The van der Waals surface area contributed by atoms with E-state index in [2.05, 4.69) is 5.32 Å². The van der Waals surface area contributed by atoms with E-state index in [4.69, 9.17) is 0 Å². The topological polar surface area (TPSA) is 66.5 Å². The molecule has 1 heterocycles. The number of aryl methyl sites for hydroxylation is 3. The summed E-state index contributed by atoms with van der Waals surface area (Å²) in [5, 5.41) is 2.88. The van der Waals surface area contributed by atoms with Gasteiger partial charge in [0.1, 0.15) is 0 Å². The molecule has 0 aromatic heterocycles. The SMILES string of the molecule is Cc1cc(C)cc(NC(=O)c2ccc(S(=O)(=O)N3CCCc4ccccc43)cc2)c1. The number of rotatable bonds is 4. The first-order valence-electron chi connectivity index (χ1n) is 9.95. The lowest BCUT2D eigenvalue weighted by Gasteiger charge is -2.30. The summed E-state index contributed by atoms with van der Waals surface area (Å²) >= 11 is 0. The van der Waals surface area contributed by atoms with Gasteiger partial charge in [-0.3, -0.25) is 9.10 Å². The number of anilines is 2. The number of hydrogen-bond acceptors (Lipinski definition) is 3.